The maximum absolute atomic E-state index is 13.1. The minimum Gasteiger partial charge on any atom is -0.385 e. The molecular weight excluding hydrogens is 183 g/mol. The van der Waals surface area contributed by atoms with Crippen LogP contribution in [0.2, 0.25) is 0 Å². The number of rotatable bonds is 3. The molecule has 0 aliphatic heterocycles. The zero-order chi connectivity index (χ0) is 10.7. The van der Waals surface area contributed by atoms with Gasteiger partial charge >= 0.3 is 0 Å². The van der Waals surface area contributed by atoms with Crippen molar-refractivity contribution in [1.29, 1.82) is 0 Å². The van der Waals surface area contributed by atoms with Crippen molar-refractivity contribution in [3.63, 3.8) is 0 Å². The fourth-order valence-electron chi connectivity index (χ4n) is 1.12. The molecule has 0 spiro atoms. The summed E-state index contributed by atoms with van der Waals surface area (Å²) in [6.07, 6.45) is -1.13. The molecule has 76 valence electrons. The molecule has 0 aliphatic rings. The fourth-order valence-corrected chi connectivity index (χ4v) is 1.12. The van der Waals surface area contributed by atoms with E-state index >= 15 is 0 Å². The average Bonchev–Trinajstić information content (AvgIpc) is 2.16. The summed E-state index contributed by atoms with van der Waals surface area (Å²) >= 11 is 0. The van der Waals surface area contributed by atoms with Crippen LogP contribution in [0.4, 0.5) is 4.39 Å². The van der Waals surface area contributed by atoms with Gasteiger partial charge in [0.15, 0.2) is 5.78 Å². The van der Waals surface area contributed by atoms with Crippen molar-refractivity contribution in [1.82, 2.24) is 0 Å². The molecule has 1 unspecified atom stereocenters. The molecule has 1 atom stereocenters. The van der Waals surface area contributed by atoms with E-state index in [1.165, 1.54) is 18.2 Å². The Morgan fingerprint density at radius 2 is 1.93 bits per heavy atom. The molecule has 0 saturated heterocycles. The van der Waals surface area contributed by atoms with Crippen molar-refractivity contribution in [3.05, 3.63) is 35.6 Å². The summed E-state index contributed by atoms with van der Waals surface area (Å²) in [6.45, 7) is 3.42. The van der Waals surface area contributed by atoms with Gasteiger partial charge in [-0.15, -0.1) is 0 Å². The van der Waals surface area contributed by atoms with E-state index in [0.717, 1.165) is 0 Å². The number of hydrogen-bond acceptors (Lipinski definition) is 2. The lowest BCUT2D eigenvalue weighted by Gasteiger charge is -2.13. The van der Waals surface area contributed by atoms with Crippen molar-refractivity contribution >= 4 is 5.78 Å². The fraction of sp³-hybridized carbons (Fsp3) is 0.364. The number of halogens is 1. The molecule has 0 aliphatic carbocycles. The third-order valence-electron chi connectivity index (χ3n) is 2.04. The van der Waals surface area contributed by atoms with E-state index in [0.29, 0.717) is 0 Å². The second-order valence-corrected chi connectivity index (χ2v) is 3.53. The molecule has 1 rings (SSSR count). The molecule has 3 heteroatoms. The number of hydrogen-bond donors (Lipinski definition) is 1. The molecule has 0 fully saturated rings. The summed E-state index contributed by atoms with van der Waals surface area (Å²) in [5.41, 5.74) is -0.0475. The van der Waals surface area contributed by atoms with Crippen molar-refractivity contribution in [2.24, 2.45) is 5.92 Å². The van der Waals surface area contributed by atoms with Crippen molar-refractivity contribution < 1.29 is 14.3 Å². The Labute approximate surface area is 82.4 Å². The van der Waals surface area contributed by atoms with Crippen LogP contribution < -0.4 is 0 Å². The molecular formula is C11H13FO2. The van der Waals surface area contributed by atoms with Crippen LogP contribution in [0.25, 0.3) is 0 Å². The van der Waals surface area contributed by atoms with Gasteiger partial charge in [-0.05, 0) is 18.1 Å². The molecule has 1 aromatic carbocycles. The zero-order valence-corrected chi connectivity index (χ0v) is 8.20. The monoisotopic (exact) mass is 196 g/mol. The Kier molecular flexibility index (Phi) is 3.36. The Morgan fingerprint density at radius 3 is 2.43 bits per heavy atom. The summed E-state index contributed by atoms with van der Waals surface area (Å²) in [6, 6.07) is 5.67. The Bertz CT molecular complexity index is 334. The van der Waals surface area contributed by atoms with Crippen LogP contribution in [0.3, 0.4) is 0 Å². The molecule has 0 amide bonds. The smallest absolute Gasteiger partial charge is 0.194 e. The molecule has 0 bridgehead atoms. The van der Waals surface area contributed by atoms with E-state index in [2.05, 4.69) is 0 Å². The SMILES string of the molecule is CC(C)C(O)C(=O)c1ccccc1F. The number of ketones is 1. The molecule has 1 N–H and O–H groups in total. The quantitative estimate of drug-likeness (QED) is 0.751. The van der Waals surface area contributed by atoms with Gasteiger partial charge in [-0.3, -0.25) is 4.79 Å². The number of benzene rings is 1. The van der Waals surface area contributed by atoms with Crippen LogP contribution in [0.1, 0.15) is 24.2 Å². The van der Waals surface area contributed by atoms with Crippen LogP contribution in [-0.2, 0) is 0 Å². The van der Waals surface area contributed by atoms with E-state index in [9.17, 15) is 14.3 Å². The minimum absolute atomic E-state index is 0.0475. The van der Waals surface area contributed by atoms with Gasteiger partial charge in [0, 0.05) is 0 Å². The Balaban J connectivity index is 2.95. The molecule has 14 heavy (non-hydrogen) atoms. The van der Waals surface area contributed by atoms with Crippen molar-refractivity contribution in [2.45, 2.75) is 20.0 Å². The highest BCUT2D eigenvalue weighted by atomic mass is 19.1. The maximum Gasteiger partial charge on any atom is 0.194 e. The lowest BCUT2D eigenvalue weighted by Crippen LogP contribution is -2.26. The molecule has 1 aromatic rings. The normalized spacial score (nSPS) is 12.9. The molecule has 0 radical (unpaired) electrons. The van der Waals surface area contributed by atoms with Gasteiger partial charge in [0.25, 0.3) is 0 Å². The average molecular weight is 196 g/mol. The van der Waals surface area contributed by atoms with Crippen LogP contribution in [0.15, 0.2) is 24.3 Å². The van der Waals surface area contributed by atoms with E-state index < -0.39 is 17.7 Å². The van der Waals surface area contributed by atoms with Crippen LogP contribution in [0, 0.1) is 11.7 Å². The summed E-state index contributed by atoms with van der Waals surface area (Å²) in [4.78, 5) is 11.5. The van der Waals surface area contributed by atoms with E-state index in [-0.39, 0.29) is 11.5 Å². The predicted octanol–water partition coefficient (Wildman–Crippen LogP) is 2.03. The number of carbonyl (C=O) groups is 1. The van der Waals surface area contributed by atoms with Gasteiger partial charge in [-0.25, -0.2) is 4.39 Å². The number of aliphatic hydroxyl groups excluding tert-OH is 1. The molecule has 0 saturated carbocycles. The number of Topliss-reactive ketones (excluding diaryl/α,β-unsaturated/α-hetero) is 1. The minimum atomic E-state index is -1.13. The standard InChI is InChI=1S/C11H13FO2/c1-7(2)10(13)11(14)8-5-3-4-6-9(8)12/h3-7,10,13H,1-2H3. The molecule has 2 nitrogen and oxygen atoms in total. The van der Waals surface area contributed by atoms with Gasteiger partial charge in [0.2, 0.25) is 0 Å². The van der Waals surface area contributed by atoms with E-state index in [1.807, 2.05) is 0 Å². The Morgan fingerprint density at radius 1 is 1.36 bits per heavy atom. The van der Waals surface area contributed by atoms with Crippen LogP contribution >= 0.6 is 0 Å². The summed E-state index contributed by atoms with van der Waals surface area (Å²) < 4.78 is 13.1. The van der Waals surface area contributed by atoms with Gasteiger partial charge in [0.05, 0.1) is 5.56 Å². The predicted molar refractivity (Wildman–Crippen MR) is 51.6 cm³/mol. The maximum atomic E-state index is 13.1. The van der Waals surface area contributed by atoms with E-state index in [1.54, 1.807) is 19.9 Å². The Hall–Kier alpha value is -1.22. The summed E-state index contributed by atoms with van der Waals surface area (Å²) in [5.74, 6) is -1.35. The van der Waals surface area contributed by atoms with Crippen molar-refractivity contribution in [3.8, 4) is 0 Å². The van der Waals surface area contributed by atoms with Crippen LogP contribution in [0.5, 0.6) is 0 Å². The zero-order valence-electron chi connectivity index (χ0n) is 8.20. The highest BCUT2D eigenvalue weighted by molar-refractivity contribution is 5.99. The van der Waals surface area contributed by atoms with Gasteiger partial charge in [-0.2, -0.15) is 0 Å². The number of carbonyl (C=O) groups excluding carboxylic acids is 1. The lowest BCUT2D eigenvalue weighted by molar-refractivity contribution is 0.0643. The summed E-state index contributed by atoms with van der Waals surface area (Å²) in [5, 5.41) is 9.46. The van der Waals surface area contributed by atoms with Crippen LogP contribution in [-0.4, -0.2) is 17.0 Å². The number of aliphatic hydroxyl groups is 1. The first-order valence-electron chi connectivity index (χ1n) is 4.51. The van der Waals surface area contributed by atoms with Gasteiger partial charge < -0.3 is 5.11 Å². The molecule has 0 aromatic heterocycles. The lowest BCUT2D eigenvalue weighted by atomic mass is 9.97. The summed E-state index contributed by atoms with van der Waals surface area (Å²) in [7, 11) is 0. The second-order valence-electron chi connectivity index (χ2n) is 3.53. The van der Waals surface area contributed by atoms with E-state index in [4.69, 9.17) is 0 Å². The third kappa shape index (κ3) is 2.17. The van der Waals surface area contributed by atoms with Gasteiger partial charge in [0.1, 0.15) is 11.9 Å². The molecule has 0 heterocycles. The second kappa shape index (κ2) is 4.33. The van der Waals surface area contributed by atoms with Gasteiger partial charge in [-0.1, -0.05) is 26.0 Å². The topological polar surface area (TPSA) is 37.3 Å². The first-order chi connectivity index (χ1) is 6.54. The largest absolute Gasteiger partial charge is 0.385 e. The first kappa shape index (κ1) is 10.9. The first-order valence-corrected chi connectivity index (χ1v) is 4.51. The van der Waals surface area contributed by atoms with Crippen molar-refractivity contribution in [2.75, 3.05) is 0 Å². The highest BCUT2D eigenvalue weighted by Gasteiger charge is 2.22. The third-order valence-corrected chi connectivity index (χ3v) is 2.04. The highest BCUT2D eigenvalue weighted by Crippen LogP contribution is 2.13.